The molecule has 4 heteroatoms. The van der Waals surface area contributed by atoms with Gasteiger partial charge in [-0.3, -0.25) is 0 Å². The zero-order valence-electron chi connectivity index (χ0n) is 11.4. The first kappa shape index (κ1) is 17.3. The lowest BCUT2D eigenvalue weighted by molar-refractivity contribution is -0.330. The molecule has 0 saturated carbocycles. The summed E-state index contributed by atoms with van der Waals surface area (Å²) in [6.45, 7) is 2.18. The number of carbonyl (C=O) groups excluding carboxylic acids is 1. The van der Waals surface area contributed by atoms with E-state index in [1.165, 1.54) is 32.1 Å². The van der Waals surface area contributed by atoms with Crippen LogP contribution in [0.5, 0.6) is 0 Å². The Morgan fingerprint density at radius 2 is 1.28 bits per heavy atom. The molecule has 0 bridgehead atoms. The lowest BCUT2D eigenvalue weighted by atomic mass is 10.0. The molecule has 2 nitrogen and oxygen atoms in total. The Morgan fingerprint density at radius 1 is 0.889 bits per heavy atom. The second-order valence-corrected chi connectivity index (χ2v) is 4.92. The molecule has 0 spiro atoms. The molecule has 0 atom stereocenters. The third-order valence-electron chi connectivity index (χ3n) is 3.14. The summed E-state index contributed by atoms with van der Waals surface area (Å²) >= 11 is 0. The zero-order chi connectivity index (χ0) is 13.9. The van der Waals surface area contributed by atoms with Crippen molar-refractivity contribution in [1.82, 2.24) is 0 Å². The van der Waals surface area contributed by atoms with Crippen LogP contribution in [0.2, 0.25) is 0 Å². The highest BCUT2D eigenvalue weighted by atomic mass is 19.3. The van der Waals surface area contributed by atoms with E-state index in [0.717, 1.165) is 19.3 Å². The highest BCUT2D eigenvalue weighted by molar-refractivity contribution is 5.72. The number of aliphatic carboxylic acids is 1. The molecule has 0 aromatic rings. The minimum Gasteiger partial charge on any atom is -0.544 e. The van der Waals surface area contributed by atoms with Gasteiger partial charge in [0.1, 0.15) is 5.97 Å². The summed E-state index contributed by atoms with van der Waals surface area (Å²) in [5.74, 6) is -5.90. The number of rotatable bonds is 12. The molecule has 0 radical (unpaired) electrons. The number of alkyl halides is 2. The molecule has 108 valence electrons. The van der Waals surface area contributed by atoms with E-state index in [1.54, 1.807) is 0 Å². The highest BCUT2D eigenvalue weighted by Crippen LogP contribution is 2.21. The van der Waals surface area contributed by atoms with E-state index < -0.39 is 18.3 Å². The number of carbonyl (C=O) groups is 1. The van der Waals surface area contributed by atoms with Crippen molar-refractivity contribution in [3.05, 3.63) is 0 Å². The van der Waals surface area contributed by atoms with E-state index >= 15 is 0 Å². The van der Waals surface area contributed by atoms with E-state index in [1.807, 2.05) is 0 Å². The zero-order valence-corrected chi connectivity index (χ0v) is 11.4. The van der Waals surface area contributed by atoms with Gasteiger partial charge in [-0.2, -0.15) is 0 Å². The van der Waals surface area contributed by atoms with Crippen molar-refractivity contribution in [1.29, 1.82) is 0 Å². The maximum Gasteiger partial charge on any atom is 0.287 e. The molecule has 0 fully saturated rings. The van der Waals surface area contributed by atoms with Gasteiger partial charge in [0, 0.05) is 6.42 Å². The van der Waals surface area contributed by atoms with Crippen LogP contribution in [0.25, 0.3) is 0 Å². The highest BCUT2D eigenvalue weighted by Gasteiger charge is 2.29. The molecule has 0 aliphatic rings. The summed E-state index contributed by atoms with van der Waals surface area (Å²) in [6.07, 6.45) is 9.77. The molecule has 0 aromatic carbocycles. The van der Waals surface area contributed by atoms with Crippen LogP contribution in [0.1, 0.15) is 77.6 Å². The van der Waals surface area contributed by atoms with E-state index in [-0.39, 0.29) is 6.42 Å². The predicted octanol–water partition coefficient (Wildman–Crippen LogP) is 3.68. The molecule has 0 saturated heterocycles. The summed E-state index contributed by atoms with van der Waals surface area (Å²) in [5, 5.41) is 10.1. The topological polar surface area (TPSA) is 40.1 Å². The third kappa shape index (κ3) is 9.37. The van der Waals surface area contributed by atoms with E-state index in [4.69, 9.17) is 0 Å². The minimum atomic E-state index is -3.65. The van der Waals surface area contributed by atoms with Crippen LogP contribution < -0.4 is 5.11 Å². The van der Waals surface area contributed by atoms with Gasteiger partial charge in [-0.15, -0.1) is 0 Å². The quantitative estimate of drug-likeness (QED) is 0.504. The largest absolute Gasteiger partial charge is 0.544 e. The van der Waals surface area contributed by atoms with Crippen LogP contribution in [0.15, 0.2) is 0 Å². The molecule has 0 heterocycles. The Balaban J connectivity index is 3.24. The average Bonchev–Trinajstić information content (AvgIpc) is 2.31. The summed E-state index contributed by atoms with van der Waals surface area (Å²) in [4.78, 5) is 10.1. The number of carboxylic acids is 1. The maximum absolute atomic E-state index is 12.6. The van der Waals surface area contributed by atoms with Gasteiger partial charge in [0.2, 0.25) is 0 Å². The Kier molecular flexibility index (Phi) is 9.89. The summed E-state index contributed by atoms with van der Waals surface area (Å²) in [6, 6.07) is 0. The van der Waals surface area contributed by atoms with E-state index in [0.29, 0.717) is 6.42 Å². The fourth-order valence-corrected chi connectivity index (χ4v) is 1.94. The first-order valence-corrected chi connectivity index (χ1v) is 7.10. The minimum absolute atomic E-state index is 0.261. The molecule has 0 aliphatic heterocycles. The van der Waals surface area contributed by atoms with Gasteiger partial charge < -0.3 is 9.90 Å². The third-order valence-corrected chi connectivity index (χ3v) is 3.14. The van der Waals surface area contributed by atoms with Gasteiger partial charge in [-0.25, -0.2) is 8.78 Å². The number of hydrogen-bond donors (Lipinski definition) is 0. The van der Waals surface area contributed by atoms with E-state index in [2.05, 4.69) is 6.92 Å². The van der Waals surface area contributed by atoms with E-state index in [9.17, 15) is 18.7 Å². The van der Waals surface area contributed by atoms with Gasteiger partial charge in [0.25, 0.3) is 5.92 Å². The van der Waals surface area contributed by atoms with Crippen molar-refractivity contribution in [3.8, 4) is 0 Å². The van der Waals surface area contributed by atoms with Gasteiger partial charge in [0.05, 0.1) is 0 Å². The van der Waals surface area contributed by atoms with Crippen molar-refractivity contribution in [2.45, 2.75) is 83.5 Å². The van der Waals surface area contributed by atoms with Crippen molar-refractivity contribution in [2.75, 3.05) is 0 Å². The second kappa shape index (κ2) is 10.3. The fourth-order valence-electron chi connectivity index (χ4n) is 1.94. The van der Waals surface area contributed by atoms with Crippen molar-refractivity contribution in [3.63, 3.8) is 0 Å². The van der Waals surface area contributed by atoms with Gasteiger partial charge in [0.15, 0.2) is 0 Å². The maximum atomic E-state index is 12.6. The first-order valence-electron chi connectivity index (χ1n) is 7.10. The summed E-state index contributed by atoms with van der Waals surface area (Å²) in [5.41, 5.74) is 0. The van der Waals surface area contributed by atoms with Gasteiger partial charge >= 0.3 is 0 Å². The molecule has 0 rings (SSSR count). The molecule has 0 amide bonds. The summed E-state index contributed by atoms with van der Waals surface area (Å²) in [7, 11) is 0. The summed E-state index contributed by atoms with van der Waals surface area (Å²) < 4.78 is 25.3. The van der Waals surface area contributed by atoms with Crippen molar-refractivity contribution < 1.29 is 18.7 Å². The van der Waals surface area contributed by atoms with Gasteiger partial charge in [-0.1, -0.05) is 64.7 Å². The van der Waals surface area contributed by atoms with Crippen LogP contribution in [-0.2, 0) is 4.79 Å². The molecule has 0 aromatic heterocycles. The molecule has 0 N–H and O–H groups in total. The number of carboxylic acid groups (broad SMARTS) is 1. The fraction of sp³-hybridized carbons (Fsp3) is 0.929. The van der Waals surface area contributed by atoms with Crippen LogP contribution in [0, 0.1) is 0 Å². The van der Waals surface area contributed by atoms with Crippen molar-refractivity contribution in [2.24, 2.45) is 0 Å². The number of hydrogen-bond acceptors (Lipinski definition) is 2. The normalized spacial score (nSPS) is 11.7. The van der Waals surface area contributed by atoms with Crippen molar-refractivity contribution >= 4 is 5.97 Å². The number of unbranched alkanes of at least 4 members (excludes halogenated alkanes) is 9. The number of halogens is 2. The molecule has 0 unspecified atom stereocenters. The SMILES string of the molecule is CCCCCCCCCCCCC(F)(F)C(=O)[O-]. The monoisotopic (exact) mass is 263 g/mol. The second-order valence-electron chi connectivity index (χ2n) is 4.92. The van der Waals surface area contributed by atoms with Crippen LogP contribution in [0.4, 0.5) is 8.78 Å². The average molecular weight is 263 g/mol. The Labute approximate surface area is 109 Å². The molecular weight excluding hydrogens is 238 g/mol. The predicted molar refractivity (Wildman–Crippen MR) is 66.4 cm³/mol. The Bertz CT molecular complexity index is 218. The van der Waals surface area contributed by atoms with Crippen LogP contribution >= 0.6 is 0 Å². The smallest absolute Gasteiger partial charge is 0.287 e. The first-order chi connectivity index (χ1) is 8.50. The van der Waals surface area contributed by atoms with Gasteiger partial charge in [-0.05, 0) is 6.42 Å². The lowest BCUT2D eigenvalue weighted by Gasteiger charge is -2.16. The van der Waals surface area contributed by atoms with Crippen LogP contribution in [0.3, 0.4) is 0 Å². The van der Waals surface area contributed by atoms with Crippen LogP contribution in [-0.4, -0.2) is 11.9 Å². The molecule has 18 heavy (non-hydrogen) atoms. The Hall–Kier alpha value is -0.670. The lowest BCUT2D eigenvalue weighted by Crippen LogP contribution is -2.41. The molecule has 0 aliphatic carbocycles. The Morgan fingerprint density at radius 3 is 1.67 bits per heavy atom. The molecular formula is C14H25F2O2-. The standard InChI is InChI=1S/C14H26F2O2/c1-2-3-4-5-6-7-8-9-10-11-12-14(15,16)13(17)18/h2-12H2,1H3,(H,17,18)/p-1.